The number of nitrogens with one attached hydrogen (secondary N) is 1. The summed E-state index contributed by atoms with van der Waals surface area (Å²) >= 11 is 0. The molecule has 4 nitrogen and oxygen atoms in total. The molecule has 0 fully saturated rings. The van der Waals surface area contributed by atoms with E-state index >= 15 is 0 Å². The second kappa shape index (κ2) is 18.2. The lowest BCUT2D eigenvalue weighted by atomic mass is 10.0. The minimum absolute atomic E-state index is 0.0787. The molecule has 0 bridgehead atoms. The summed E-state index contributed by atoms with van der Waals surface area (Å²) < 4.78 is 0. The molecule has 0 aliphatic heterocycles. The van der Waals surface area contributed by atoms with Gasteiger partial charge in [-0.3, -0.25) is 4.79 Å². The number of aliphatic hydroxyl groups excluding tert-OH is 1. The third-order valence-electron chi connectivity index (χ3n) is 4.84. The fourth-order valence-electron chi connectivity index (χ4n) is 3.08. The first-order valence-electron chi connectivity index (χ1n) is 10.8. The topological polar surface area (TPSA) is 75.3 Å². The van der Waals surface area contributed by atoms with Crippen molar-refractivity contribution in [1.29, 1.82) is 0 Å². The van der Waals surface area contributed by atoms with Crippen molar-refractivity contribution >= 4 is 5.91 Å². The number of amides is 1. The number of carbonyl (C=O) groups excluding carboxylic acids is 1. The van der Waals surface area contributed by atoms with Gasteiger partial charge in [-0.25, -0.2) is 0 Å². The molecule has 150 valence electrons. The van der Waals surface area contributed by atoms with Crippen molar-refractivity contribution < 1.29 is 9.90 Å². The van der Waals surface area contributed by atoms with Crippen LogP contribution in [0, 0.1) is 0 Å². The summed E-state index contributed by atoms with van der Waals surface area (Å²) in [5.41, 5.74) is 5.48. The average molecular weight is 357 g/mol. The molecular weight excluding hydrogens is 312 g/mol. The zero-order valence-electron chi connectivity index (χ0n) is 16.9. The van der Waals surface area contributed by atoms with Crippen LogP contribution in [0.5, 0.6) is 0 Å². The van der Waals surface area contributed by atoms with Gasteiger partial charge in [-0.1, -0.05) is 77.6 Å². The lowest BCUT2D eigenvalue weighted by Crippen LogP contribution is -2.37. The van der Waals surface area contributed by atoms with E-state index in [0.29, 0.717) is 13.0 Å². The normalized spacial score (nSPS) is 13.6. The Morgan fingerprint density at radius 1 is 0.880 bits per heavy atom. The van der Waals surface area contributed by atoms with Gasteiger partial charge in [-0.2, -0.15) is 0 Å². The maximum atomic E-state index is 11.6. The standard InChI is InChI=1S/C21H44N2O2/c1-3-4-5-12-15-20(24)16-13-10-8-6-7-9-11-14-17-21(25)23-19(2)18-22/h19-20,24H,3-18,22H2,1-2H3,(H,23,25). The van der Waals surface area contributed by atoms with Crippen LogP contribution >= 0.6 is 0 Å². The molecule has 0 saturated carbocycles. The predicted molar refractivity (Wildman–Crippen MR) is 108 cm³/mol. The second-order valence-electron chi connectivity index (χ2n) is 7.57. The van der Waals surface area contributed by atoms with Crippen molar-refractivity contribution in [3.05, 3.63) is 0 Å². The summed E-state index contributed by atoms with van der Waals surface area (Å²) in [6.07, 6.45) is 17.1. The highest BCUT2D eigenvalue weighted by molar-refractivity contribution is 5.76. The Kier molecular flexibility index (Phi) is 17.7. The first-order chi connectivity index (χ1) is 12.1. The maximum Gasteiger partial charge on any atom is 0.220 e. The molecular formula is C21H44N2O2. The van der Waals surface area contributed by atoms with Crippen LogP contribution in [0.2, 0.25) is 0 Å². The number of unbranched alkanes of at least 4 members (excludes halogenated alkanes) is 10. The summed E-state index contributed by atoms with van der Waals surface area (Å²) in [6.45, 7) is 4.65. The number of aliphatic hydroxyl groups is 1. The van der Waals surface area contributed by atoms with E-state index in [4.69, 9.17) is 5.73 Å². The molecule has 25 heavy (non-hydrogen) atoms. The van der Waals surface area contributed by atoms with E-state index in [1.807, 2.05) is 6.92 Å². The van der Waals surface area contributed by atoms with E-state index < -0.39 is 0 Å². The summed E-state index contributed by atoms with van der Waals surface area (Å²) in [7, 11) is 0. The summed E-state index contributed by atoms with van der Waals surface area (Å²) in [4.78, 5) is 11.6. The fraction of sp³-hybridized carbons (Fsp3) is 0.952. The van der Waals surface area contributed by atoms with Gasteiger partial charge in [0.25, 0.3) is 0 Å². The van der Waals surface area contributed by atoms with Crippen LogP contribution in [0.4, 0.5) is 0 Å². The molecule has 0 rings (SSSR count). The molecule has 0 spiro atoms. The van der Waals surface area contributed by atoms with Crippen LogP contribution in [0.15, 0.2) is 0 Å². The van der Waals surface area contributed by atoms with Crippen molar-refractivity contribution in [2.24, 2.45) is 5.73 Å². The predicted octanol–water partition coefficient (Wildman–Crippen LogP) is 4.68. The van der Waals surface area contributed by atoms with Crippen LogP contribution < -0.4 is 11.1 Å². The largest absolute Gasteiger partial charge is 0.393 e. The van der Waals surface area contributed by atoms with Gasteiger partial charge in [0.15, 0.2) is 0 Å². The molecule has 0 aliphatic carbocycles. The smallest absolute Gasteiger partial charge is 0.220 e. The monoisotopic (exact) mass is 356 g/mol. The van der Waals surface area contributed by atoms with Crippen molar-refractivity contribution in [1.82, 2.24) is 5.32 Å². The van der Waals surface area contributed by atoms with Gasteiger partial charge in [0.05, 0.1) is 6.10 Å². The van der Waals surface area contributed by atoms with Crippen LogP contribution in [-0.2, 0) is 4.79 Å². The number of nitrogens with two attached hydrogens (primary N) is 1. The Bertz CT molecular complexity index is 298. The Hall–Kier alpha value is -0.610. The third kappa shape index (κ3) is 18.0. The maximum absolute atomic E-state index is 11.6. The zero-order valence-corrected chi connectivity index (χ0v) is 16.9. The molecule has 4 N–H and O–H groups in total. The quantitative estimate of drug-likeness (QED) is 0.312. The van der Waals surface area contributed by atoms with E-state index in [0.717, 1.165) is 32.1 Å². The minimum Gasteiger partial charge on any atom is -0.393 e. The Labute approximate surface area is 156 Å². The number of hydrogen-bond acceptors (Lipinski definition) is 3. The van der Waals surface area contributed by atoms with Gasteiger partial charge in [0, 0.05) is 19.0 Å². The molecule has 0 radical (unpaired) electrons. The Morgan fingerprint density at radius 2 is 1.36 bits per heavy atom. The first kappa shape index (κ1) is 24.4. The van der Waals surface area contributed by atoms with Crippen LogP contribution in [0.25, 0.3) is 0 Å². The Morgan fingerprint density at radius 3 is 1.88 bits per heavy atom. The molecule has 1 amide bonds. The molecule has 0 aromatic rings. The Balaban J connectivity index is 3.24. The highest BCUT2D eigenvalue weighted by Crippen LogP contribution is 2.14. The van der Waals surface area contributed by atoms with E-state index in [2.05, 4.69) is 12.2 Å². The minimum atomic E-state index is -0.0787. The lowest BCUT2D eigenvalue weighted by Gasteiger charge is -2.11. The van der Waals surface area contributed by atoms with Crippen molar-refractivity contribution in [3.63, 3.8) is 0 Å². The SMILES string of the molecule is CCCCCCC(O)CCCCCCCCCCC(=O)NC(C)CN. The fourth-order valence-corrected chi connectivity index (χ4v) is 3.08. The van der Waals surface area contributed by atoms with Crippen LogP contribution in [0.3, 0.4) is 0 Å². The number of rotatable bonds is 18. The molecule has 4 heteroatoms. The molecule has 0 saturated heterocycles. The summed E-state index contributed by atoms with van der Waals surface area (Å²) in [5.74, 6) is 0.131. The number of carbonyl (C=O) groups is 1. The third-order valence-corrected chi connectivity index (χ3v) is 4.84. The summed E-state index contributed by atoms with van der Waals surface area (Å²) in [6, 6.07) is 0.0855. The molecule has 0 aromatic heterocycles. The van der Waals surface area contributed by atoms with E-state index in [1.54, 1.807) is 0 Å². The van der Waals surface area contributed by atoms with E-state index in [-0.39, 0.29) is 18.1 Å². The lowest BCUT2D eigenvalue weighted by molar-refractivity contribution is -0.121. The highest BCUT2D eigenvalue weighted by Gasteiger charge is 2.05. The van der Waals surface area contributed by atoms with Gasteiger partial charge in [0.1, 0.15) is 0 Å². The first-order valence-corrected chi connectivity index (χ1v) is 10.8. The van der Waals surface area contributed by atoms with Gasteiger partial charge in [-0.15, -0.1) is 0 Å². The van der Waals surface area contributed by atoms with Crippen molar-refractivity contribution in [3.8, 4) is 0 Å². The molecule has 0 aliphatic rings. The van der Waals surface area contributed by atoms with Crippen LogP contribution in [-0.4, -0.2) is 29.7 Å². The van der Waals surface area contributed by atoms with E-state index in [1.165, 1.54) is 57.8 Å². The molecule has 0 heterocycles. The van der Waals surface area contributed by atoms with E-state index in [9.17, 15) is 9.90 Å². The summed E-state index contributed by atoms with van der Waals surface area (Å²) in [5, 5.41) is 12.8. The van der Waals surface area contributed by atoms with Crippen molar-refractivity contribution in [2.45, 2.75) is 122 Å². The highest BCUT2D eigenvalue weighted by atomic mass is 16.3. The van der Waals surface area contributed by atoms with Gasteiger partial charge in [0.2, 0.25) is 5.91 Å². The molecule has 2 unspecified atom stereocenters. The number of hydrogen-bond donors (Lipinski definition) is 3. The van der Waals surface area contributed by atoms with Crippen LogP contribution in [0.1, 0.15) is 110 Å². The van der Waals surface area contributed by atoms with Gasteiger partial charge >= 0.3 is 0 Å². The molecule has 2 atom stereocenters. The zero-order chi connectivity index (χ0) is 18.8. The van der Waals surface area contributed by atoms with Crippen molar-refractivity contribution in [2.75, 3.05) is 6.54 Å². The second-order valence-corrected chi connectivity index (χ2v) is 7.57. The molecule has 0 aromatic carbocycles. The van der Waals surface area contributed by atoms with Gasteiger partial charge in [-0.05, 0) is 26.2 Å². The average Bonchev–Trinajstić information content (AvgIpc) is 2.60. The van der Waals surface area contributed by atoms with Gasteiger partial charge < -0.3 is 16.2 Å².